The van der Waals surface area contributed by atoms with E-state index in [1.54, 1.807) is 0 Å². The molecule has 100 valence electrons. The summed E-state index contributed by atoms with van der Waals surface area (Å²) in [6.07, 6.45) is 0.741. The van der Waals surface area contributed by atoms with Gasteiger partial charge in [-0.25, -0.2) is 12.8 Å². The predicted molar refractivity (Wildman–Crippen MR) is 70.3 cm³/mol. The van der Waals surface area contributed by atoms with Gasteiger partial charge in [-0.2, -0.15) is 4.31 Å². The predicted octanol–water partition coefficient (Wildman–Crippen LogP) is 1.57. The molecule has 7 heteroatoms. The standard InChI is InChI=1S/C11H14BrFN2O2S/c1-15(8-5-6-14-7-8)18(16,17)10-4-2-3-9(12)11(10)13/h2-4,8,14H,5-7H2,1H3. The third-order valence-electron chi connectivity index (χ3n) is 3.12. The van der Waals surface area contributed by atoms with Gasteiger partial charge in [0.05, 0.1) is 4.47 Å². The summed E-state index contributed by atoms with van der Waals surface area (Å²) in [5.41, 5.74) is 0. The number of sulfonamides is 1. The van der Waals surface area contributed by atoms with Crippen LogP contribution in [-0.4, -0.2) is 38.9 Å². The van der Waals surface area contributed by atoms with Gasteiger partial charge in [0, 0.05) is 19.6 Å². The Kier molecular flexibility index (Phi) is 4.05. The molecule has 1 N–H and O–H groups in total. The van der Waals surface area contributed by atoms with Crippen molar-refractivity contribution in [1.29, 1.82) is 0 Å². The fourth-order valence-electron chi connectivity index (χ4n) is 1.98. The van der Waals surface area contributed by atoms with Crippen LogP contribution in [-0.2, 0) is 10.0 Å². The Morgan fingerprint density at radius 3 is 2.83 bits per heavy atom. The zero-order valence-electron chi connectivity index (χ0n) is 9.86. The van der Waals surface area contributed by atoms with E-state index in [0.29, 0.717) is 6.54 Å². The smallest absolute Gasteiger partial charge is 0.246 e. The molecule has 1 aromatic carbocycles. The van der Waals surface area contributed by atoms with Gasteiger partial charge in [0.15, 0.2) is 5.82 Å². The highest BCUT2D eigenvalue weighted by Gasteiger charge is 2.32. The molecule has 2 rings (SSSR count). The molecule has 0 radical (unpaired) electrons. The first kappa shape index (κ1) is 13.9. The number of benzene rings is 1. The van der Waals surface area contributed by atoms with E-state index in [0.717, 1.165) is 13.0 Å². The Bertz CT molecular complexity index is 544. The summed E-state index contributed by atoms with van der Waals surface area (Å²) in [5.74, 6) is -0.740. The Labute approximate surface area is 114 Å². The molecule has 1 atom stereocenters. The Morgan fingerprint density at radius 1 is 1.50 bits per heavy atom. The monoisotopic (exact) mass is 336 g/mol. The van der Waals surface area contributed by atoms with Crippen LogP contribution in [0, 0.1) is 5.82 Å². The number of nitrogens with zero attached hydrogens (tertiary/aromatic N) is 1. The molecule has 1 fully saturated rings. The van der Waals surface area contributed by atoms with Crippen molar-refractivity contribution in [1.82, 2.24) is 9.62 Å². The second-order valence-corrected chi connectivity index (χ2v) is 7.04. The fraction of sp³-hybridized carbons (Fsp3) is 0.455. The Morgan fingerprint density at radius 2 is 2.22 bits per heavy atom. The number of hydrogen-bond acceptors (Lipinski definition) is 3. The first-order chi connectivity index (χ1) is 8.44. The van der Waals surface area contributed by atoms with Crippen molar-refractivity contribution in [3.05, 3.63) is 28.5 Å². The van der Waals surface area contributed by atoms with E-state index in [-0.39, 0.29) is 15.4 Å². The number of likely N-dealkylation sites (N-methyl/N-ethyl adjacent to an activating group) is 1. The van der Waals surface area contributed by atoms with Gasteiger partial charge < -0.3 is 5.32 Å². The molecule has 1 saturated heterocycles. The van der Waals surface area contributed by atoms with E-state index in [1.807, 2.05) is 0 Å². The molecule has 4 nitrogen and oxygen atoms in total. The lowest BCUT2D eigenvalue weighted by Crippen LogP contribution is -2.38. The van der Waals surface area contributed by atoms with Crippen LogP contribution in [0.1, 0.15) is 6.42 Å². The van der Waals surface area contributed by atoms with Gasteiger partial charge in [0.2, 0.25) is 10.0 Å². The van der Waals surface area contributed by atoms with E-state index < -0.39 is 15.8 Å². The second-order valence-electron chi connectivity index (χ2n) is 4.22. The molecule has 0 amide bonds. The summed E-state index contributed by atoms with van der Waals surface area (Å²) in [6, 6.07) is 4.16. The summed E-state index contributed by atoms with van der Waals surface area (Å²) in [5, 5.41) is 3.09. The van der Waals surface area contributed by atoms with E-state index >= 15 is 0 Å². The molecule has 1 heterocycles. The summed E-state index contributed by atoms with van der Waals surface area (Å²) in [6.45, 7) is 1.39. The van der Waals surface area contributed by atoms with Gasteiger partial charge in [0.25, 0.3) is 0 Å². The minimum absolute atomic E-state index is 0.117. The van der Waals surface area contributed by atoms with Crippen LogP contribution in [0.5, 0.6) is 0 Å². The van der Waals surface area contributed by atoms with Gasteiger partial charge in [-0.15, -0.1) is 0 Å². The fourth-order valence-corrected chi connectivity index (χ4v) is 3.95. The van der Waals surface area contributed by atoms with Gasteiger partial charge in [-0.1, -0.05) is 6.07 Å². The maximum Gasteiger partial charge on any atom is 0.246 e. The van der Waals surface area contributed by atoms with Crippen molar-refractivity contribution < 1.29 is 12.8 Å². The van der Waals surface area contributed by atoms with Crippen LogP contribution in [0.15, 0.2) is 27.6 Å². The van der Waals surface area contributed by atoms with Crippen LogP contribution in [0.25, 0.3) is 0 Å². The highest BCUT2D eigenvalue weighted by molar-refractivity contribution is 9.10. The zero-order chi connectivity index (χ0) is 13.3. The van der Waals surface area contributed by atoms with E-state index in [1.165, 1.54) is 29.6 Å². The highest BCUT2D eigenvalue weighted by Crippen LogP contribution is 2.26. The number of halogens is 2. The van der Waals surface area contributed by atoms with Crippen molar-refractivity contribution in [2.24, 2.45) is 0 Å². The van der Waals surface area contributed by atoms with Crippen molar-refractivity contribution in [2.75, 3.05) is 20.1 Å². The summed E-state index contributed by atoms with van der Waals surface area (Å²) < 4.78 is 39.9. The molecule has 18 heavy (non-hydrogen) atoms. The van der Waals surface area contributed by atoms with E-state index in [9.17, 15) is 12.8 Å². The molecule has 1 aliphatic heterocycles. The van der Waals surface area contributed by atoms with Crippen LogP contribution in [0.2, 0.25) is 0 Å². The van der Waals surface area contributed by atoms with Crippen molar-refractivity contribution >= 4 is 26.0 Å². The summed E-state index contributed by atoms with van der Waals surface area (Å²) in [4.78, 5) is -0.286. The molecular weight excluding hydrogens is 323 g/mol. The molecule has 0 spiro atoms. The summed E-state index contributed by atoms with van der Waals surface area (Å²) in [7, 11) is -2.29. The van der Waals surface area contributed by atoms with Crippen molar-refractivity contribution in [3.8, 4) is 0 Å². The second kappa shape index (κ2) is 5.24. The molecule has 1 aromatic rings. The molecule has 0 saturated carbocycles. The van der Waals surface area contributed by atoms with Gasteiger partial charge in [0.1, 0.15) is 4.90 Å². The van der Waals surface area contributed by atoms with Crippen molar-refractivity contribution in [3.63, 3.8) is 0 Å². The Hall–Kier alpha value is -0.500. The lowest BCUT2D eigenvalue weighted by Gasteiger charge is -2.23. The first-order valence-electron chi connectivity index (χ1n) is 5.57. The molecule has 0 bridgehead atoms. The molecule has 0 aromatic heterocycles. The lowest BCUT2D eigenvalue weighted by molar-refractivity contribution is 0.385. The largest absolute Gasteiger partial charge is 0.315 e. The lowest BCUT2D eigenvalue weighted by atomic mass is 10.3. The van der Waals surface area contributed by atoms with Crippen LogP contribution in [0.3, 0.4) is 0 Å². The minimum Gasteiger partial charge on any atom is -0.315 e. The third kappa shape index (κ3) is 2.45. The average Bonchev–Trinajstić information content (AvgIpc) is 2.85. The number of hydrogen-bond donors (Lipinski definition) is 1. The maximum atomic E-state index is 13.9. The van der Waals surface area contributed by atoms with E-state index in [4.69, 9.17) is 0 Å². The molecule has 1 unspecified atom stereocenters. The maximum absolute atomic E-state index is 13.9. The van der Waals surface area contributed by atoms with Crippen LogP contribution < -0.4 is 5.32 Å². The SMILES string of the molecule is CN(C1CCNC1)S(=O)(=O)c1cccc(Br)c1F. The van der Waals surface area contributed by atoms with Gasteiger partial charge >= 0.3 is 0 Å². The quantitative estimate of drug-likeness (QED) is 0.911. The summed E-state index contributed by atoms with van der Waals surface area (Å²) >= 11 is 3.00. The van der Waals surface area contributed by atoms with Crippen LogP contribution in [0.4, 0.5) is 4.39 Å². The van der Waals surface area contributed by atoms with Gasteiger partial charge in [-0.3, -0.25) is 0 Å². The van der Waals surface area contributed by atoms with E-state index in [2.05, 4.69) is 21.2 Å². The molecular formula is C11H14BrFN2O2S. The topological polar surface area (TPSA) is 49.4 Å². The third-order valence-corrected chi connectivity index (χ3v) is 5.66. The zero-order valence-corrected chi connectivity index (χ0v) is 12.3. The first-order valence-corrected chi connectivity index (χ1v) is 7.80. The van der Waals surface area contributed by atoms with Crippen LogP contribution >= 0.6 is 15.9 Å². The Balaban J connectivity index is 2.38. The van der Waals surface area contributed by atoms with Gasteiger partial charge in [-0.05, 0) is 41.0 Å². The molecule has 1 aliphatic rings. The highest BCUT2D eigenvalue weighted by atomic mass is 79.9. The average molecular weight is 337 g/mol. The normalized spacial score (nSPS) is 20.6. The minimum atomic E-state index is -3.79. The molecule has 0 aliphatic carbocycles. The van der Waals surface area contributed by atoms with Crippen molar-refractivity contribution in [2.45, 2.75) is 17.4 Å². The number of rotatable bonds is 3. The number of nitrogens with one attached hydrogen (secondary N) is 1.